The molecule has 4 rings (SSSR count). The Balaban J connectivity index is 1.46. The second-order valence-electron chi connectivity index (χ2n) is 7.98. The van der Waals surface area contributed by atoms with Crippen LogP contribution in [0.3, 0.4) is 0 Å². The highest BCUT2D eigenvalue weighted by atomic mass is 16.5. The van der Waals surface area contributed by atoms with Gasteiger partial charge in [0.05, 0.1) is 43.6 Å². The van der Waals surface area contributed by atoms with Crippen LogP contribution in [0, 0.1) is 0 Å². The number of nitrogens with one attached hydrogen (secondary N) is 1. The maximum absolute atomic E-state index is 12.9. The molecule has 0 spiro atoms. The fourth-order valence-electron chi connectivity index (χ4n) is 4.08. The van der Waals surface area contributed by atoms with Crippen molar-refractivity contribution in [2.75, 3.05) is 40.0 Å². The number of ether oxygens (including phenoxy) is 2. The summed E-state index contributed by atoms with van der Waals surface area (Å²) in [6, 6.07) is 12.1. The van der Waals surface area contributed by atoms with Gasteiger partial charge in [-0.3, -0.25) is 24.2 Å². The number of hydrogen-bond acceptors (Lipinski definition) is 6. The summed E-state index contributed by atoms with van der Waals surface area (Å²) in [5.74, 6) is -0.475. The first-order valence-corrected chi connectivity index (χ1v) is 10.7. The number of morpholine rings is 1. The summed E-state index contributed by atoms with van der Waals surface area (Å²) in [5, 5.41) is 2.97. The van der Waals surface area contributed by atoms with E-state index in [9.17, 15) is 14.4 Å². The summed E-state index contributed by atoms with van der Waals surface area (Å²) < 4.78 is 10.8. The predicted molar refractivity (Wildman–Crippen MR) is 118 cm³/mol. The predicted octanol–water partition coefficient (Wildman–Crippen LogP) is 1.94. The van der Waals surface area contributed by atoms with Crippen molar-refractivity contribution in [3.8, 4) is 5.75 Å². The fraction of sp³-hybridized carbons (Fsp3) is 0.375. The van der Waals surface area contributed by atoms with Gasteiger partial charge in [-0.1, -0.05) is 18.2 Å². The minimum Gasteiger partial charge on any atom is -0.496 e. The molecule has 8 heteroatoms. The van der Waals surface area contributed by atoms with Gasteiger partial charge in [0, 0.05) is 25.7 Å². The summed E-state index contributed by atoms with van der Waals surface area (Å²) >= 11 is 0. The zero-order valence-corrected chi connectivity index (χ0v) is 18.3. The van der Waals surface area contributed by atoms with Gasteiger partial charge in [-0.15, -0.1) is 0 Å². The van der Waals surface area contributed by atoms with E-state index in [2.05, 4.69) is 17.1 Å². The van der Waals surface area contributed by atoms with E-state index in [1.54, 1.807) is 42.5 Å². The van der Waals surface area contributed by atoms with Crippen LogP contribution in [0.25, 0.3) is 0 Å². The molecule has 168 valence electrons. The van der Waals surface area contributed by atoms with Crippen molar-refractivity contribution in [1.82, 2.24) is 15.1 Å². The summed E-state index contributed by atoms with van der Waals surface area (Å²) in [5.41, 5.74) is 1.85. The van der Waals surface area contributed by atoms with Crippen LogP contribution in [0.1, 0.15) is 43.6 Å². The Labute approximate surface area is 187 Å². The third-order valence-corrected chi connectivity index (χ3v) is 5.95. The molecule has 1 atom stereocenters. The largest absolute Gasteiger partial charge is 0.496 e. The number of benzene rings is 2. The molecule has 2 aliphatic heterocycles. The van der Waals surface area contributed by atoms with Crippen molar-refractivity contribution in [1.29, 1.82) is 0 Å². The molecule has 1 fully saturated rings. The molecule has 2 aromatic carbocycles. The van der Waals surface area contributed by atoms with Crippen LogP contribution in [0.5, 0.6) is 5.75 Å². The monoisotopic (exact) mass is 437 g/mol. The van der Waals surface area contributed by atoms with E-state index in [-0.39, 0.29) is 30.3 Å². The van der Waals surface area contributed by atoms with E-state index in [0.717, 1.165) is 13.1 Å². The quantitative estimate of drug-likeness (QED) is 0.666. The molecular formula is C24H27N3O5. The van der Waals surface area contributed by atoms with E-state index in [1.165, 1.54) is 12.0 Å². The van der Waals surface area contributed by atoms with Gasteiger partial charge in [0.15, 0.2) is 0 Å². The molecule has 3 amide bonds. The Hall–Kier alpha value is -3.23. The number of hydrogen-bond donors (Lipinski definition) is 1. The van der Waals surface area contributed by atoms with Crippen LogP contribution >= 0.6 is 0 Å². The number of rotatable bonds is 7. The lowest BCUT2D eigenvalue weighted by Gasteiger charge is -2.32. The highest BCUT2D eigenvalue weighted by molar-refractivity contribution is 6.21. The molecule has 1 N–H and O–H groups in total. The molecule has 2 heterocycles. The topological polar surface area (TPSA) is 88.2 Å². The molecule has 0 aliphatic carbocycles. The van der Waals surface area contributed by atoms with Gasteiger partial charge in [-0.25, -0.2) is 0 Å². The molecule has 0 bridgehead atoms. The van der Waals surface area contributed by atoms with Crippen LogP contribution in [-0.2, 0) is 11.3 Å². The van der Waals surface area contributed by atoms with Crippen molar-refractivity contribution in [3.05, 3.63) is 64.7 Å². The SMILES string of the molecule is COc1ccc(CN2C(=O)c3ccccc3C2=O)cc1C(=O)NCC(C)N1CCOCC1. The summed E-state index contributed by atoms with van der Waals surface area (Å²) in [7, 11) is 1.51. The van der Waals surface area contributed by atoms with Crippen LogP contribution in [0.2, 0.25) is 0 Å². The number of imide groups is 1. The number of amides is 3. The first kappa shape index (κ1) is 22.0. The number of carbonyl (C=O) groups excluding carboxylic acids is 3. The average molecular weight is 437 g/mol. The molecule has 0 aromatic heterocycles. The Morgan fingerprint density at radius 1 is 1.09 bits per heavy atom. The second kappa shape index (κ2) is 9.50. The first-order chi connectivity index (χ1) is 15.5. The van der Waals surface area contributed by atoms with Crippen LogP contribution < -0.4 is 10.1 Å². The van der Waals surface area contributed by atoms with E-state index >= 15 is 0 Å². The van der Waals surface area contributed by atoms with Crippen LogP contribution in [0.15, 0.2) is 42.5 Å². The minimum atomic E-state index is -0.327. The lowest BCUT2D eigenvalue weighted by molar-refractivity contribution is 0.0204. The van der Waals surface area contributed by atoms with Gasteiger partial charge < -0.3 is 14.8 Å². The second-order valence-corrected chi connectivity index (χ2v) is 7.98. The number of carbonyl (C=O) groups is 3. The van der Waals surface area contributed by atoms with Crippen LogP contribution in [0.4, 0.5) is 0 Å². The summed E-state index contributed by atoms with van der Waals surface area (Å²) in [6.45, 7) is 5.73. The van der Waals surface area contributed by atoms with E-state index in [0.29, 0.717) is 47.8 Å². The molecule has 1 unspecified atom stereocenters. The number of fused-ring (bicyclic) bond motifs is 1. The third-order valence-electron chi connectivity index (χ3n) is 5.95. The van der Waals surface area contributed by atoms with Gasteiger partial charge >= 0.3 is 0 Å². The van der Waals surface area contributed by atoms with Gasteiger partial charge in [0.1, 0.15) is 5.75 Å². The molecule has 2 aliphatic rings. The van der Waals surface area contributed by atoms with Gasteiger partial charge in [0.25, 0.3) is 17.7 Å². The highest BCUT2D eigenvalue weighted by Gasteiger charge is 2.35. The molecule has 1 saturated heterocycles. The maximum atomic E-state index is 12.9. The zero-order valence-electron chi connectivity index (χ0n) is 18.3. The highest BCUT2D eigenvalue weighted by Crippen LogP contribution is 2.26. The lowest BCUT2D eigenvalue weighted by atomic mass is 10.1. The minimum absolute atomic E-state index is 0.0841. The van der Waals surface area contributed by atoms with Gasteiger partial charge in [0.2, 0.25) is 0 Å². The number of methoxy groups -OCH3 is 1. The third kappa shape index (κ3) is 4.37. The molecule has 32 heavy (non-hydrogen) atoms. The smallest absolute Gasteiger partial charge is 0.261 e. The fourth-order valence-corrected chi connectivity index (χ4v) is 4.08. The Morgan fingerprint density at radius 2 is 1.75 bits per heavy atom. The van der Waals surface area contributed by atoms with Crippen molar-refractivity contribution in [2.45, 2.75) is 19.5 Å². The zero-order chi connectivity index (χ0) is 22.7. The molecule has 0 radical (unpaired) electrons. The maximum Gasteiger partial charge on any atom is 0.261 e. The molecule has 8 nitrogen and oxygen atoms in total. The molecule has 0 saturated carbocycles. The van der Waals surface area contributed by atoms with Crippen molar-refractivity contribution in [2.24, 2.45) is 0 Å². The van der Waals surface area contributed by atoms with Crippen molar-refractivity contribution < 1.29 is 23.9 Å². The van der Waals surface area contributed by atoms with E-state index in [1.807, 2.05) is 0 Å². The lowest BCUT2D eigenvalue weighted by Crippen LogP contribution is -2.47. The summed E-state index contributed by atoms with van der Waals surface area (Å²) in [4.78, 5) is 41.7. The molecule has 2 aromatic rings. The van der Waals surface area contributed by atoms with Crippen molar-refractivity contribution >= 4 is 17.7 Å². The van der Waals surface area contributed by atoms with E-state index in [4.69, 9.17) is 9.47 Å². The Kier molecular flexibility index (Phi) is 6.53. The average Bonchev–Trinajstić information content (AvgIpc) is 3.07. The van der Waals surface area contributed by atoms with Crippen molar-refractivity contribution in [3.63, 3.8) is 0 Å². The van der Waals surface area contributed by atoms with Gasteiger partial charge in [-0.2, -0.15) is 0 Å². The molecular weight excluding hydrogens is 410 g/mol. The first-order valence-electron chi connectivity index (χ1n) is 10.7. The normalized spacial score (nSPS) is 17.2. The van der Waals surface area contributed by atoms with E-state index < -0.39 is 0 Å². The van der Waals surface area contributed by atoms with Crippen LogP contribution in [-0.4, -0.2) is 73.5 Å². The standard InChI is InChI=1S/C24H27N3O5/c1-16(26-9-11-32-12-10-26)14-25-22(28)20-13-17(7-8-21(20)31-2)15-27-23(29)18-5-3-4-6-19(18)24(27)30/h3-8,13,16H,9-12,14-15H2,1-2H3,(H,25,28). The Bertz CT molecular complexity index is 997. The summed E-state index contributed by atoms with van der Waals surface area (Å²) in [6.07, 6.45) is 0. The van der Waals surface area contributed by atoms with Gasteiger partial charge in [-0.05, 0) is 36.8 Å². The number of nitrogens with zero attached hydrogens (tertiary/aromatic N) is 2. The Morgan fingerprint density at radius 3 is 2.38 bits per heavy atom.